The van der Waals surface area contributed by atoms with Gasteiger partial charge in [-0.05, 0) is 44.9 Å². The van der Waals surface area contributed by atoms with E-state index in [2.05, 4.69) is 25.6 Å². The van der Waals surface area contributed by atoms with Gasteiger partial charge in [0.25, 0.3) is 5.91 Å². The third kappa shape index (κ3) is 3.63. The third-order valence-electron chi connectivity index (χ3n) is 6.46. The van der Waals surface area contributed by atoms with Crippen molar-refractivity contribution in [1.29, 1.82) is 0 Å². The summed E-state index contributed by atoms with van der Waals surface area (Å²) in [5.74, 6) is 0.150. The zero-order valence-electron chi connectivity index (χ0n) is 19.4. The molecule has 3 N–H and O–H groups in total. The second-order valence-electron chi connectivity index (χ2n) is 8.69. The van der Waals surface area contributed by atoms with Crippen molar-refractivity contribution in [3.05, 3.63) is 53.2 Å². The van der Waals surface area contributed by atoms with Crippen molar-refractivity contribution in [3.63, 3.8) is 0 Å². The van der Waals surface area contributed by atoms with E-state index in [0.717, 1.165) is 24.2 Å². The number of anilines is 1. The quantitative estimate of drug-likeness (QED) is 0.417. The lowest BCUT2D eigenvalue weighted by Gasteiger charge is -2.07. The van der Waals surface area contributed by atoms with Gasteiger partial charge >= 0.3 is 0 Å². The van der Waals surface area contributed by atoms with Gasteiger partial charge in [0.2, 0.25) is 5.91 Å². The van der Waals surface area contributed by atoms with Crippen LogP contribution >= 0.6 is 0 Å². The molecule has 34 heavy (non-hydrogen) atoms. The molecule has 3 aromatic heterocycles. The van der Waals surface area contributed by atoms with Crippen LogP contribution < -0.4 is 10.6 Å². The van der Waals surface area contributed by atoms with Gasteiger partial charge in [-0.1, -0.05) is 6.07 Å². The lowest BCUT2D eigenvalue weighted by atomic mass is 10.1. The summed E-state index contributed by atoms with van der Waals surface area (Å²) in [5, 5.41) is 5.98. The molecule has 4 aromatic rings. The van der Waals surface area contributed by atoms with Gasteiger partial charge in [0.15, 0.2) is 5.82 Å². The van der Waals surface area contributed by atoms with E-state index in [0.29, 0.717) is 44.9 Å². The van der Waals surface area contributed by atoms with Gasteiger partial charge in [0, 0.05) is 54.1 Å². The molecule has 0 radical (unpaired) electrons. The van der Waals surface area contributed by atoms with E-state index in [1.165, 1.54) is 19.3 Å². The van der Waals surface area contributed by atoms with Gasteiger partial charge in [0.05, 0.1) is 16.8 Å². The average molecular weight is 461 g/mol. The summed E-state index contributed by atoms with van der Waals surface area (Å²) in [6, 6.07) is 6.67. The lowest BCUT2D eigenvalue weighted by Crippen LogP contribution is -2.19. The van der Waals surface area contributed by atoms with Gasteiger partial charge in [-0.25, -0.2) is 14.4 Å². The number of pyridine rings is 1. The van der Waals surface area contributed by atoms with E-state index in [1.54, 1.807) is 12.1 Å². The van der Waals surface area contributed by atoms with Crippen molar-refractivity contribution in [3.8, 4) is 22.6 Å². The minimum absolute atomic E-state index is 0.00622. The summed E-state index contributed by atoms with van der Waals surface area (Å²) in [6.07, 6.45) is 3.13. The van der Waals surface area contributed by atoms with Crippen LogP contribution in [0.1, 0.15) is 34.6 Å². The number of carbonyl (C=O) groups is 2. The number of hydrogen-bond donors (Lipinski definition) is 3. The highest BCUT2D eigenvalue weighted by atomic mass is 19.1. The Morgan fingerprint density at radius 1 is 1.21 bits per heavy atom. The Bertz CT molecular complexity index is 1460. The van der Waals surface area contributed by atoms with Crippen LogP contribution in [0, 0.1) is 25.6 Å². The molecule has 1 fully saturated rings. The molecule has 3 heterocycles. The van der Waals surface area contributed by atoms with Crippen LogP contribution in [-0.4, -0.2) is 38.4 Å². The minimum Gasteiger partial charge on any atom is -0.355 e. The molecule has 1 aromatic carbocycles. The maximum atomic E-state index is 15.3. The number of aromatic nitrogens is 4. The first-order valence-electron chi connectivity index (χ1n) is 11.1. The molecule has 1 saturated carbocycles. The summed E-state index contributed by atoms with van der Waals surface area (Å²) >= 11 is 0. The molecule has 0 bridgehead atoms. The van der Waals surface area contributed by atoms with Gasteiger partial charge in [-0.3, -0.25) is 9.59 Å². The molecule has 2 amide bonds. The number of nitrogens with zero attached hydrogens (tertiary/aromatic N) is 3. The Morgan fingerprint density at radius 3 is 2.59 bits per heavy atom. The number of aromatic amines is 1. The SMILES string of the molecule is CNC(=O)c1cnc(NC(=O)C2CC2)c2[nH]c(-c3ccc(-c4nc(C)c(C)n4C)cc3F)cc12. The smallest absolute Gasteiger partial charge is 0.253 e. The fraction of sp³-hybridized carbons (Fsp3) is 0.280. The number of nitrogens with one attached hydrogen (secondary N) is 3. The number of benzene rings is 1. The van der Waals surface area contributed by atoms with E-state index in [-0.39, 0.29) is 17.7 Å². The van der Waals surface area contributed by atoms with Gasteiger partial charge < -0.3 is 20.2 Å². The number of halogens is 1. The molecule has 0 saturated heterocycles. The third-order valence-corrected chi connectivity index (χ3v) is 6.46. The number of aryl methyl sites for hydroxylation is 1. The summed E-state index contributed by atoms with van der Waals surface area (Å²) in [4.78, 5) is 36.8. The predicted molar refractivity (Wildman–Crippen MR) is 128 cm³/mol. The van der Waals surface area contributed by atoms with Crippen LogP contribution in [0.4, 0.5) is 10.2 Å². The first kappa shape index (κ1) is 21.8. The molecule has 0 aliphatic heterocycles. The zero-order valence-corrected chi connectivity index (χ0v) is 19.4. The Morgan fingerprint density at radius 2 is 1.97 bits per heavy atom. The molecule has 1 aliphatic carbocycles. The van der Waals surface area contributed by atoms with E-state index < -0.39 is 5.82 Å². The van der Waals surface area contributed by atoms with Crippen molar-refractivity contribution >= 4 is 28.5 Å². The summed E-state index contributed by atoms with van der Waals surface area (Å²) in [7, 11) is 3.43. The van der Waals surface area contributed by atoms with Gasteiger partial charge in [0.1, 0.15) is 11.6 Å². The molecule has 8 nitrogen and oxygen atoms in total. The van der Waals surface area contributed by atoms with Crippen LogP contribution in [0.5, 0.6) is 0 Å². The molecule has 9 heteroatoms. The Kier molecular flexibility index (Phi) is 5.19. The summed E-state index contributed by atoms with van der Waals surface area (Å²) < 4.78 is 17.3. The fourth-order valence-corrected chi connectivity index (χ4v) is 4.08. The highest BCUT2D eigenvalue weighted by Crippen LogP contribution is 2.35. The maximum Gasteiger partial charge on any atom is 0.253 e. The number of carbonyl (C=O) groups excluding carboxylic acids is 2. The van der Waals surface area contributed by atoms with Crippen molar-refractivity contribution in [2.45, 2.75) is 26.7 Å². The minimum atomic E-state index is -0.430. The molecule has 0 spiro atoms. The summed E-state index contributed by atoms with van der Waals surface area (Å²) in [5.41, 5.74) is 4.21. The van der Waals surface area contributed by atoms with E-state index >= 15 is 4.39 Å². The largest absolute Gasteiger partial charge is 0.355 e. The highest BCUT2D eigenvalue weighted by Gasteiger charge is 2.30. The first-order chi connectivity index (χ1) is 16.3. The molecule has 5 rings (SSSR count). The first-order valence-corrected chi connectivity index (χ1v) is 11.1. The topological polar surface area (TPSA) is 105 Å². The standard InChI is InChI=1S/C25H25FN6O2/c1-12-13(2)32(4)23(29-12)15-7-8-16(19(26)9-15)20-10-17-18(25(34)27-3)11-28-22(21(17)30-20)31-24(33)14-5-6-14/h7-11,14,30H,5-6H2,1-4H3,(H,27,34)(H,28,31,33). The van der Waals surface area contributed by atoms with Crippen LogP contribution in [0.15, 0.2) is 30.5 Å². The van der Waals surface area contributed by atoms with E-state index in [4.69, 9.17) is 0 Å². The Hall–Kier alpha value is -4.01. The average Bonchev–Trinajstić information content (AvgIpc) is 3.54. The second-order valence-corrected chi connectivity index (χ2v) is 8.69. The number of hydrogen-bond acceptors (Lipinski definition) is 4. The fourth-order valence-electron chi connectivity index (χ4n) is 4.08. The number of imidazole rings is 1. The molecule has 174 valence electrons. The van der Waals surface area contributed by atoms with Crippen LogP contribution in [0.3, 0.4) is 0 Å². The lowest BCUT2D eigenvalue weighted by molar-refractivity contribution is -0.117. The number of H-pyrrole nitrogens is 1. The van der Waals surface area contributed by atoms with Crippen LogP contribution in [-0.2, 0) is 11.8 Å². The monoisotopic (exact) mass is 460 g/mol. The predicted octanol–water partition coefficient (Wildman–Crippen LogP) is 4.09. The van der Waals surface area contributed by atoms with Crippen molar-refractivity contribution < 1.29 is 14.0 Å². The molecule has 1 aliphatic rings. The Labute approximate surface area is 195 Å². The normalized spacial score (nSPS) is 13.3. The molecule has 0 unspecified atom stereocenters. The van der Waals surface area contributed by atoms with Crippen molar-refractivity contribution in [1.82, 2.24) is 24.8 Å². The zero-order chi connectivity index (χ0) is 24.1. The Balaban J connectivity index is 1.59. The molecular weight excluding hydrogens is 435 g/mol. The summed E-state index contributed by atoms with van der Waals surface area (Å²) in [6.45, 7) is 3.89. The van der Waals surface area contributed by atoms with Gasteiger partial charge in [-0.2, -0.15) is 0 Å². The maximum absolute atomic E-state index is 15.3. The van der Waals surface area contributed by atoms with Crippen LogP contribution in [0.25, 0.3) is 33.5 Å². The van der Waals surface area contributed by atoms with Gasteiger partial charge in [-0.15, -0.1) is 0 Å². The van der Waals surface area contributed by atoms with Crippen molar-refractivity contribution in [2.75, 3.05) is 12.4 Å². The number of rotatable bonds is 5. The van der Waals surface area contributed by atoms with E-state index in [1.807, 2.05) is 31.5 Å². The number of amides is 2. The highest BCUT2D eigenvalue weighted by molar-refractivity contribution is 6.11. The van der Waals surface area contributed by atoms with E-state index in [9.17, 15) is 9.59 Å². The van der Waals surface area contributed by atoms with Crippen molar-refractivity contribution in [2.24, 2.45) is 13.0 Å². The molecule has 0 atom stereocenters. The molecular formula is C25H25FN6O2. The van der Waals surface area contributed by atoms with Crippen LogP contribution in [0.2, 0.25) is 0 Å². The number of fused-ring (bicyclic) bond motifs is 1. The second kappa shape index (κ2) is 8.09.